The van der Waals surface area contributed by atoms with Crippen molar-refractivity contribution in [2.24, 2.45) is 0 Å². The summed E-state index contributed by atoms with van der Waals surface area (Å²) < 4.78 is 16.3. The van der Waals surface area contributed by atoms with E-state index in [1.165, 1.54) is 49.5 Å². The molecule has 1 aliphatic heterocycles. The summed E-state index contributed by atoms with van der Waals surface area (Å²) in [4.78, 5) is 15.4. The van der Waals surface area contributed by atoms with Crippen LogP contribution in [0.25, 0.3) is 81.9 Å². The fourth-order valence-corrected chi connectivity index (χ4v) is 13.6. The molecule has 1 spiro atoms. The fraction of sp³-hybridized carbons (Fsp3) is 0.0500. The van der Waals surface area contributed by atoms with E-state index in [-0.39, 0.29) is 17.6 Å². The van der Waals surface area contributed by atoms with E-state index in [9.17, 15) is 0 Å². The molecule has 4 aliphatic carbocycles. The molecule has 0 N–H and O–H groups in total. The second-order valence-corrected chi connectivity index (χ2v) is 18.5. The first-order chi connectivity index (χ1) is 31.7. The number of furan rings is 1. The number of ether oxygens (including phenoxy) is 1. The molecule has 0 saturated heterocycles. The van der Waals surface area contributed by atoms with Crippen molar-refractivity contribution >= 4 is 76.6 Å². The Hall–Kier alpha value is -8.21. The zero-order valence-corrected chi connectivity index (χ0v) is 34.1. The maximum atomic E-state index is 15.4. The summed E-state index contributed by atoms with van der Waals surface area (Å²) in [7, 11) is 0. The van der Waals surface area contributed by atoms with Crippen LogP contribution in [0.5, 0.6) is 11.5 Å². The van der Waals surface area contributed by atoms with Crippen molar-refractivity contribution < 1.29 is 13.9 Å². The maximum absolute atomic E-state index is 15.4. The van der Waals surface area contributed by atoms with Gasteiger partial charge >= 0.3 is 0 Å². The van der Waals surface area contributed by atoms with Gasteiger partial charge in [-0.2, -0.15) is 0 Å². The van der Waals surface area contributed by atoms with Crippen LogP contribution in [0, 0.1) is 0 Å². The zero-order valence-electron chi connectivity index (χ0n) is 34.1. The van der Waals surface area contributed by atoms with E-state index in [0.717, 1.165) is 99.5 Å². The minimum atomic E-state index is -0.619. The molecule has 294 valence electrons. The highest BCUT2D eigenvalue weighted by molar-refractivity contribution is 6.42. The number of carbonyl (C=O) groups is 1. The van der Waals surface area contributed by atoms with Crippen molar-refractivity contribution in [2.45, 2.75) is 17.3 Å². The predicted octanol–water partition coefficient (Wildman–Crippen LogP) is 14.6. The molecule has 0 radical (unpaired) electrons. The number of fused-ring (bicyclic) bond motifs is 17. The highest BCUT2D eigenvalue weighted by Gasteiger charge is 2.51. The summed E-state index contributed by atoms with van der Waals surface area (Å²) in [6, 6.07) is 63.9. The third kappa shape index (κ3) is 3.41. The van der Waals surface area contributed by atoms with Gasteiger partial charge in [-0.1, -0.05) is 133 Å². The predicted molar refractivity (Wildman–Crippen MR) is 254 cm³/mol. The SMILES string of the molecule is O=C1c2cc3c(cc2C2c4ccccc4C1c1ccccc12)c1c2ccc4cccc5oc(c2c45)c2c4cc5c(cc4n3c12)-c1ccccc1C51c2ccccc2Oc2ccccc21. The third-order valence-electron chi connectivity index (χ3n) is 15.9. The number of carbonyl (C=O) groups excluding carboxylic acids is 1. The smallest absolute Gasteiger partial charge is 0.175 e. The van der Waals surface area contributed by atoms with E-state index < -0.39 is 5.41 Å². The normalized spacial score (nSPS) is 17.3. The summed E-state index contributed by atoms with van der Waals surface area (Å²) in [6.45, 7) is 0. The Balaban J connectivity index is 1.08. The number of ketones is 1. The lowest BCUT2D eigenvalue weighted by Crippen LogP contribution is -2.32. The number of hydrogen-bond donors (Lipinski definition) is 0. The Morgan fingerprint density at radius 3 is 1.80 bits per heavy atom. The van der Waals surface area contributed by atoms with E-state index in [1.807, 2.05) is 0 Å². The molecule has 4 nitrogen and oxygen atoms in total. The summed E-state index contributed by atoms with van der Waals surface area (Å²) in [5, 5.41) is 9.27. The molecule has 2 bridgehead atoms. The molecule has 10 aromatic carbocycles. The van der Waals surface area contributed by atoms with Crippen LogP contribution in [0.2, 0.25) is 0 Å². The Bertz CT molecular complexity index is 4240. The molecule has 13 aromatic rings. The van der Waals surface area contributed by atoms with Crippen LogP contribution in [0.3, 0.4) is 0 Å². The molecule has 0 fully saturated rings. The summed E-state index contributed by atoms with van der Waals surface area (Å²) in [5.41, 5.74) is 18.3. The number of hydrogen-bond acceptors (Lipinski definition) is 3. The second-order valence-electron chi connectivity index (χ2n) is 18.5. The maximum Gasteiger partial charge on any atom is 0.175 e. The van der Waals surface area contributed by atoms with Gasteiger partial charge < -0.3 is 13.6 Å². The molecule has 18 rings (SSSR count). The van der Waals surface area contributed by atoms with Gasteiger partial charge in [-0.3, -0.25) is 4.79 Å². The Kier molecular flexibility index (Phi) is 5.43. The first-order valence-corrected chi connectivity index (χ1v) is 22.3. The topological polar surface area (TPSA) is 43.9 Å². The second kappa shape index (κ2) is 10.7. The molecule has 0 unspecified atom stereocenters. The zero-order chi connectivity index (χ0) is 41.3. The molecule has 3 aromatic heterocycles. The van der Waals surface area contributed by atoms with Crippen LogP contribution in [0.15, 0.2) is 180 Å². The molecule has 5 aliphatic rings. The quantitative estimate of drug-likeness (QED) is 0.143. The van der Waals surface area contributed by atoms with Crippen molar-refractivity contribution in [3.05, 3.63) is 232 Å². The molecule has 4 heteroatoms. The molecule has 0 atom stereocenters. The Morgan fingerprint density at radius 1 is 0.438 bits per heavy atom. The standard InChI is InChI=1S/C60H31NO3/c62-58-39-29-47-40(26-38(39)52-32-14-1-3-16-34(32)54(58)35-17-4-2-15-33(35)52)53-36-25-24-30-12-11-23-50-51(30)55(36)59(64-50)56-41-27-45-37(28-46(41)61(47)57(53)56)31-13-5-6-18-42(31)60(45)43-19-7-9-21-48(43)63-49-22-10-8-20-44(49)60/h1-29,52,54H. The molecular formula is C60H31NO3. The molecule has 64 heavy (non-hydrogen) atoms. The van der Waals surface area contributed by atoms with Crippen molar-refractivity contribution in [1.29, 1.82) is 0 Å². The van der Waals surface area contributed by atoms with Crippen LogP contribution < -0.4 is 4.74 Å². The third-order valence-corrected chi connectivity index (χ3v) is 15.9. The van der Waals surface area contributed by atoms with Gasteiger partial charge in [-0.15, -0.1) is 0 Å². The van der Waals surface area contributed by atoms with Gasteiger partial charge in [0, 0.05) is 49.5 Å². The molecule has 0 amide bonds. The van der Waals surface area contributed by atoms with Gasteiger partial charge in [0.1, 0.15) is 22.7 Å². The monoisotopic (exact) mass is 813 g/mol. The van der Waals surface area contributed by atoms with Gasteiger partial charge in [0.05, 0.1) is 33.3 Å². The molecular weight excluding hydrogens is 783 g/mol. The molecule has 0 saturated carbocycles. The number of para-hydroxylation sites is 2. The van der Waals surface area contributed by atoms with Gasteiger partial charge in [-0.25, -0.2) is 0 Å². The highest BCUT2D eigenvalue weighted by Crippen LogP contribution is 2.64. The van der Waals surface area contributed by atoms with E-state index in [0.29, 0.717) is 0 Å². The van der Waals surface area contributed by atoms with Crippen LogP contribution in [0.1, 0.15) is 72.3 Å². The van der Waals surface area contributed by atoms with E-state index in [2.05, 4.69) is 180 Å². The minimum absolute atomic E-state index is 0.0548. The van der Waals surface area contributed by atoms with Crippen molar-refractivity contribution in [2.75, 3.05) is 0 Å². The largest absolute Gasteiger partial charge is 0.457 e. The lowest BCUT2D eigenvalue weighted by molar-refractivity contribution is 0.0974. The van der Waals surface area contributed by atoms with E-state index in [1.54, 1.807) is 0 Å². The number of nitrogens with zero attached hydrogens (tertiary/aromatic N) is 1. The number of Topliss-reactive ketones (excluding diaryl/α,β-unsaturated/α-hetero) is 1. The van der Waals surface area contributed by atoms with Crippen LogP contribution in [0.4, 0.5) is 0 Å². The van der Waals surface area contributed by atoms with Crippen molar-refractivity contribution in [3.8, 4) is 22.6 Å². The highest BCUT2D eigenvalue weighted by atomic mass is 16.5. The van der Waals surface area contributed by atoms with E-state index in [4.69, 9.17) is 9.15 Å². The average Bonchev–Trinajstić information content (AvgIpc) is 4.04. The number of rotatable bonds is 0. The summed E-state index contributed by atoms with van der Waals surface area (Å²) in [5.74, 6) is 1.50. The minimum Gasteiger partial charge on any atom is -0.457 e. The number of aromatic nitrogens is 1. The first kappa shape index (κ1) is 32.5. The molecule has 4 heterocycles. The van der Waals surface area contributed by atoms with Crippen LogP contribution >= 0.6 is 0 Å². The first-order valence-electron chi connectivity index (χ1n) is 22.3. The average molecular weight is 814 g/mol. The van der Waals surface area contributed by atoms with Crippen molar-refractivity contribution in [1.82, 2.24) is 4.40 Å². The van der Waals surface area contributed by atoms with Gasteiger partial charge in [0.25, 0.3) is 0 Å². The lowest BCUT2D eigenvalue weighted by atomic mass is 9.66. The van der Waals surface area contributed by atoms with Gasteiger partial charge in [-0.05, 0) is 103 Å². The lowest BCUT2D eigenvalue weighted by Gasteiger charge is -2.39. The van der Waals surface area contributed by atoms with Crippen LogP contribution in [-0.2, 0) is 5.41 Å². The van der Waals surface area contributed by atoms with E-state index >= 15 is 4.79 Å². The summed E-state index contributed by atoms with van der Waals surface area (Å²) >= 11 is 0. The Labute approximate surface area is 364 Å². The Morgan fingerprint density at radius 2 is 1.06 bits per heavy atom. The van der Waals surface area contributed by atoms with Gasteiger partial charge in [0.2, 0.25) is 0 Å². The number of benzene rings is 10. The van der Waals surface area contributed by atoms with Crippen molar-refractivity contribution in [3.63, 3.8) is 0 Å². The van der Waals surface area contributed by atoms with Gasteiger partial charge in [0.15, 0.2) is 5.78 Å². The summed E-state index contributed by atoms with van der Waals surface area (Å²) in [6.07, 6.45) is 0. The fourth-order valence-electron chi connectivity index (χ4n) is 13.6. The van der Waals surface area contributed by atoms with Crippen LogP contribution in [-0.4, -0.2) is 10.2 Å².